The molecule has 0 aliphatic rings. The molecular weight excluding hydrogens is 346 g/mol. The first-order valence-electron chi connectivity index (χ1n) is 5.40. The van der Waals surface area contributed by atoms with E-state index < -0.39 is 0 Å². The van der Waals surface area contributed by atoms with Crippen molar-refractivity contribution in [2.24, 2.45) is 0 Å². The molecule has 1 N–H and O–H groups in total. The minimum Gasteiger partial charge on any atom is -0.267 e. The van der Waals surface area contributed by atoms with Crippen molar-refractivity contribution < 1.29 is 9.18 Å². The summed E-state index contributed by atoms with van der Waals surface area (Å²) >= 11 is 1.95. The Balaban J connectivity index is 2.28. The lowest BCUT2D eigenvalue weighted by Gasteiger charge is -2.12. The normalized spacial score (nSPS) is 10.4. The molecule has 18 heavy (non-hydrogen) atoms. The van der Waals surface area contributed by atoms with E-state index in [1.165, 1.54) is 18.2 Å². The van der Waals surface area contributed by atoms with Crippen LogP contribution in [0.3, 0.4) is 0 Å². The summed E-state index contributed by atoms with van der Waals surface area (Å²) in [4.78, 5) is 12.1. The summed E-state index contributed by atoms with van der Waals surface area (Å²) in [6, 6.07) is 7.95. The third-order valence-corrected chi connectivity index (χ3v) is 3.55. The van der Waals surface area contributed by atoms with Crippen LogP contribution in [0.15, 0.2) is 30.3 Å². The van der Waals surface area contributed by atoms with E-state index in [9.17, 15) is 9.18 Å². The van der Waals surface area contributed by atoms with Crippen molar-refractivity contribution >= 4 is 28.5 Å². The molecule has 2 aromatic rings. The lowest BCUT2D eigenvalue weighted by molar-refractivity contribution is 0.101. The van der Waals surface area contributed by atoms with E-state index in [1.54, 1.807) is 4.68 Å². The van der Waals surface area contributed by atoms with E-state index in [0.717, 1.165) is 11.4 Å². The van der Waals surface area contributed by atoms with Crippen molar-refractivity contribution in [1.82, 2.24) is 4.68 Å². The molecular formula is C13H12FIN2O. The molecule has 0 saturated heterocycles. The molecule has 1 amide bonds. The number of hydrogen-bond acceptors (Lipinski definition) is 1. The van der Waals surface area contributed by atoms with Crippen LogP contribution in [0.1, 0.15) is 21.7 Å². The van der Waals surface area contributed by atoms with Crippen LogP contribution in [0, 0.1) is 23.2 Å². The van der Waals surface area contributed by atoms with E-state index in [-0.39, 0.29) is 11.7 Å². The number of nitrogens with one attached hydrogen (secondary N) is 1. The number of rotatable bonds is 2. The standard InChI is InChI=1S/C13H12FIN2O/c1-8-3-4-9(2)17(8)16-13(18)11-6-5-10(14)7-12(11)15/h3-7H,1-2H3,(H,16,18). The molecule has 3 nitrogen and oxygen atoms in total. The molecule has 1 heterocycles. The van der Waals surface area contributed by atoms with E-state index in [4.69, 9.17) is 0 Å². The van der Waals surface area contributed by atoms with Gasteiger partial charge < -0.3 is 0 Å². The Labute approximate surface area is 118 Å². The number of carbonyl (C=O) groups excluding carboxylic acids is 1. The number of aryl methyl sites for hydroxylation is 2. The monoisotopic (exact) mass is 358 g/mol. The molecule has 0 bridgehead atoms. The van der Waals surface area contributed by atoms with Crippen molar-refractivity contribution in [1.29, 1.82) is 0 Å². The lowest BCUT2D eigenvalue weighted by atomic mass is 10.2. The summed E-state index contributed by atoms with van der Waals surface area (Å²) in [7, 11) is 0. The fourth-order valence-corrected chi connectivity index (χ4v) is 2.40. The van der Waals surface area contributed by atoms with Crippen LogP contribution < -0.4 is 5.43 Å². The van der Waals surface area contributed by atoms with Crippen LogP contribution in [0.5, 0.6) is 0 Å². The van der Waals surface area contributed by atoms with Gasteiger partial charge in [-0.3, -0.25) is 14.9 Å². The number of aromatic nitrogens is 1. The highest BCUT2D eigenvalue weighted by atomic mass is 127. The second-order valence-corrected chi connectivity index (χ2v) is 5.18. The van der Waals surface area contributed by atoms with Crippen LogP contribution in [0.4, 0.5) is 4.39 Å². The number of nitrogens with zero attached hydrogens (tertiary/aromatic N) is 1. The Morgan fingerprint density at radius 1 is 1.22 bits per heavy atom. The zero-order chi connectivity index (χ0) is 13.3. The lowest BCUT2D eigenvalue weighted by Crippen LogP contribution is -2.25. The molecule has 0 atom stereocenters. The Morgan fingerprint density at radius 3 is 2.39 bits per heavy atom. The fourth-order valence-electron chi connectivity index (χ4n) is 1.68. The molecule has 1 aromatic carbocycles. The van der Waals surface area contributed by atoms with Crippen molar-refractivity contribution in [3.63, 3.8) is 0 Å². The van der Waals surface area contributed by atoms with Gasteiger partial charge in [0.1, 0.15) is 5.82 Å². The summed E-state index contributed by atoms with van der Waals surface area (Å²) in [5, 5.41) is 0. The first-order valence-corrected chi connectivity index (χ1v) is 6.48. The number of carbonyl (C=O) groups is 1. The number of hydrogen-bond donors (Lipinski definition) is 1. The zero-order valence-corrected chi connectivity index (χ0v) is 12.2. The maximum Gasteiger partial charge on any atom is 0.271 e. The van der Waals surface area contributed by atoms with Gasteiger partial charge in [-0.05, 0) is 66.8 Å². The van der Waals surface area contributed by atoms with Gasteiger partial charge in [0.25, 0.3) is 5.91 Å². The van der Waals surface area contributed by atoms with E-state index in [0.29, 0.717) is 9.13 Å². The van der Waals surface area contributed by atoms with Crippen molar-refractivity contribution in [2.45, 2.75) is 13.8 Å². The second kappa shape index (κ2) is 5.09. The van der Waals surface area contributed by atoms with E-state index in [1.807, 2.05) is 48.6 Å². The van der Waals surface area contributed by atoms with Gasteiger partial charge in [-0.1, -0.05) is 0 Å². The summed E-state index contributed by atoms with van der Waals surface area (Å²) in [5.74, 6) is -0.592. The molecule has 94 valence electrons. The van der Waals surface area contributed by atoms with Gasteiger partial charge in [-0.15, -0.1) is 0 Å². The van der Waals surface area contributed by atoms with Crippen molar-refractivity contribution in [2.75, 3.05) is 5.43 Å². The van der Waals surface area contributed by atoms with Gasteiger partial charge in [0.05, 0.1) is 5.56 Å². The number of halogens is 2. The SMILES string of the molecule is Cc1ccc(C)n1NC(=O)c1ccc(F)cc1I. The fraction of sp³-hybridized carbons (Fsp3) is 0.154. The van der Waals surface area contributed by atoms with Gasteiger partial charge in [0.2, 0.25) is 0 Å². The van der Waals surface area contributed by atoms with Crippen LogP contribution in [0.25, 0.3) is 0 Å². The highest BCUT2D eigenvalue weighted by Gasteiger charge is 2.12. The van der Waals surface area contributed by atoms with Crippen LogP contribution in [-0.2, 0) is 0 Å². The third kappa shape index (κ3) is 2.55. The molecule has 0 saturated carbocycles. The molecule has 0 spiro atoms. The predicted octanol–water partition coefficient (Wildman–Crippen LogP) is 3.23. The van der Waals surface area contributed by atoms with Gasteiger partial charge in [-0.2, -0.15) is 0 Å². The molecule has 0 fully saturated rings. The quantitative estimate of drug-likeness (QED) is 0.822. The average molecular weight is 358 g/mol. The topological polar surface area (TPSA) is 34.0 Å². The third-order valence-electron chi connectivity index (χ3n) is 2.66. The maximum absolute atomic E-state index is 13.0. The Hall–Kier alpha value is -1.37. The minimum absolute atomic E-state index is 0.248. The molecule has 5 heteroatoms. The summed E-state index contributed by atoms with van der Waals surface area (Å²) in [6.45, 7) is 3.81. The van der Waals surface area contributed by atoms with Crippen molar-refractivity contribution in [3.8, 4) is 0 Å². The van der Waals surface area contributed by atoms with Gasteiger partial charge in [0.15, 0.2) is 0 Å². The Bertz CT molecular complexity index is 588. The highest BCUT2D eigenvalue weighted by Crippen LogP contribution is 2.14. The average Bonchev–Trinajstić information content (AvgIpc) is 2.60. The van der Waals surface area contributed by atoms with Gasteiger partial charge >= 0.3 is 0 Å². The summed E-state index contributed by atoms with van der Waals surface area (Å²) in [5.41, 5.74) is 5.13. The molecule has 1 aromatic heterocycles. The first-order chi connectivity index (χ1) is 8.49. The molecule has 0 aliphatic heterocycles. The number of amides is 1. The zero-order valence-electron chi connectivity index (χ0n) is 10.00. The van der Waals surface area contributed by atoms with E-state index in [2.05, 4.69) is 5.43 Å². The first kappa shape index (κ1) is 13.1. The van der Waals surface area contributed by atoms with Crippen LogP contribution in [0.2, 0.25) is 0 Å². The van der Waals surface area contributed by atoms with Gasteiger partial charge in [-0.25, -0.2) is 4.39 Å². The summed E-state index contributed by atoms with van der Waals surface area (Å²) < 4.78 is 15.3. The minimum atomic E-state index is -0.343. The van der Waals surface area contributed by atoms with E-state index >= 15 is 0 Å². The maximum atomic E-state index is 13.0. The Morgan fingerprint density at radius 2 is 1.83 bits per heavy atom. The molecule has 0 aliphatic carbocycles. The van der Waals surface area contributed by atoms with Gasteiger partial charge in [0, 0.05) is 15.0 Å². The predicted molar refractivity (Wildman–Crippen MR) is 76.7 cm³/mol. The number of benzene rings is 1. The van der Waals surface area contributed by atoms with Crippen LogP contribution in [-0.4, -0.2) is 10.6 Å². The smallest absolute Gasteiger partial charge is 0.267 e. The Kier molecular flexibility index (Phi) is 3.70. The summed E-state index contributed by atoms with van der Waals surface area (Å²) in [6.07, 6.45) is 0. The second-order valence-electron chi connectivity index (χ2n) is 4.02. The van der Waals surface area contributed by atoms with Crippen molar-refractivity contribution in [3.05, 3.63) is 56.7 Å². The molecule has 2 rings (SSSR count). The molecule has 0 unspecified atom stereocenters. The van der Waals surface area contributed by atoms with Crippen LogP contribution >= 0.6 is 22.6 Å². The largest absolute Gasteiger partial charge is 0.271 e. The highest BCUT2D eigenvalue weighted by molar-refractivity contribution is 14.1. The molecule has 0 radical (unpaired) electrons.